The van der Waals surface area contributed by atoms with Gasteiger partial charge in [0.2, 0.25) is 0 Å². The van der Waals surface area contributed by atoms with Gasteiger partial charge in [0.05, 0.1) is 0 Å². The van der Waals surface area contributed by atoms with Gasteiger partial charge in [0.15, 0.2) is 5.54 Å². The van der Waals surface area contributed by atoms with Gasteiger partial charge in [0.1, 0.15) is 5.82 Å². The first-order valence-corrected chi connectivity index (χ1v) is 4.96. The second-order valence-electron chi connectivity index (χ2n) is 4.04. The molecule has 0 fully saturated rings. The number of rotatable bonds is 2. The van der Waals surface area contributed by atoms with Gasteiger partial charge in [-0.3, -0.25) is 4.79 Å². The highest BCUT2D eigenvalue weighted by Crippen LogP contribution is 2.30. The van der Waals surface area contributed by atoms with Crippen molar-refractivity contribution in [1.82, 2.24) is 0 Å². The smallest absolute Gasteiger partial charge is 0.314 e. The Hall–Kier alpha value is -1.63. The molecule has 3 nitrogen and oxygen atoms in total. The molecule has 100 valence electrons. The monoisotopic (exact) mass is 264 g/mol. The molecule has 2 N–H and O–H groups in total. The van der Waals surface area contributed by atoms with E-state index in [1.54, 1.807) is 0 Å². The van der Waals surface area contributed by atoms with Crippen molar-refractivity contribution in [1.29, 1.82) is 0 Å². The minimum absolute atomic E-state index is 0.127. The topological polar surface area (TPSA) is 46.3 Å². The summed E-state index contributed by atoms with van der Waals surface area (Å²) in [5, 5.41) is 0. The van der Waals surface area contributed by atoms with Crippen molar-refractivity contribution in [3.05, 3.63) is 30.1 Å². The molecule has 0 spiro atoms. The maximum atomic E-state index is 12.7. The van der Waals surface area contributed by atoms with E-state index in [0.29, 0.717) is 6.92 Å². The molecule has 0 saturated carbocycles. The van der Waals surface area contributed by atoms with E-state index in [4.69, 9.17) is 5.73 Å². The van der Waals surface area contributed by atoms with E-state index in [2.05, 4.69) is 0 Å². The lowest BCUT2D eigenvalue weighted by Gasteiger charge is -2.30. The predicted molar refractivity (Wildman–Crippen MR) is 58.5 cm³/mol. The lowest BCUT2D eigenvalue weighted by molar-refractivity contribution is -0.185. The fourth-order valence-corrected chi connectivity index (χ4v) is 1.25. The van der Waals surface area contributed by atoms with Crippen molar-refractivity contribution in [2.75, 3.05) is 11.9 Å². The van der Waals surface area contributed by atoms with E-state index >= 15 is 0 Å². The molecule has 1 atom stereocenters. The zero-order valence-electron chi connectivity index (χ0n) is 9.75. The van der Waals surface area contributed by atoms with Crippen LogP contribution in [0.1, 0.15) is 6.92 Å². The third kappa shape index (κ3) is 2.61. The molecule has 7 heteroatoms. The summed E-state index contributed by atoms with van der Waals surface area (Å²) in [6, 6.07) is 4.47. The van der Waals surface area contributed by atoms with Gasteiger partial charge in [0.25, 0.3) is 5.91 Å². The summed E-state index contributed by atoms with van der Waals surface area (Å²) < 4.78 is 50.4. The molecule has 0 aliphatic carbocycles. The summed E-state index contributed by atoms with van der Waals surface area (Å²) >= 11 is 0. The molecule has 18 heavy (non-hydrogen) atoms. The van der Waals surface area contributed by atoms with Crippen LogP contribution in [-0.4, -0.2) is 24.7 Å². The Bertz CT molecular complexity index is 439. The number of nitrogens with two attached hydrogens (primary N) is 1. The number of amides is 1. The third-order valence-electron chi connectivity index (χ3n) is 2.55. The van der Waals surface area contributed by atoms with Crippen molar-refractivity contribution in [2.45, 2.75) is 18.6 Å². The second-order valence-corrected chi connectivity index (χ2v) is 4.04. The van der Waals surface area contributed by atoms with E-state index in [1.807, 2.05) is 0 Å². The number of hydrogen-bond donors (Lipinski definition) is 1. The van der Waals surface area contributed by atoms with E-state index in [-0.39, 0.29) is 5.69 Å². The minimum atomic E-state index is -4.86. The molecule has 0 bridgehead atoms. The fourth-order valence-electron chi connectivity index (χ4n) is 1.25. The number of carbonyl (C=O) groups excluding carboxylic acids is 1. The number of likely N-dealkylation sites (N-methyl/N-ethyl adjacent to an activating group) is 1. The molecule has 1 aromatic carbocycles. The number of halogens is 4. The van der Waals surface area contributed by atoms with Crippen LogP contribution in [0.5, 0.6) is 0 Å². The molecule has 0 heterocycles. The Morgan fingerprint density at radius 2 is 1.67 bits per heavy atom. The number of carbonyl (C=O) groups is 1. The van der Waals surface area contributed by atoms with Crippen molar-refractivity contribution >= 4 is 11.6 Å². The SMILES string of the molecule is CN(C(=O)C(C)(N)C(F)(F)F)c1ccc(F)cc1. The maximum absolute atomic E-state index is 12.7. The van der Waals surface area contributed by atoms with Crippen LogP contribution in [0.4, 0.5) is 23.2 Å². The molecule has 0 saturated heterocycles. The zero-order chi connectivity index (χ0) is 14.1. The summed E-state index contributed by atoms with van der Waals surface area (Å²) in [6.07, 6.45) is -4.86. The molecule has 1 rings (SSSR count). The first-order chi connectivity index (χ1) is 8.07. The van der Waals surface area contributed by atoms with Crippen LogP contribution in [0.15, 0.2) is 24.3 Å². The van der Waals surface area contributed by atoms with E-state index in [1.165, 1.54) is 12.1 Å². The average molecular weight is 264 g/mol. The number of nitrogens with zero attached hydrogens (tertiary/aromatic N) is 1. The quantitative estimate of drug-likeness (QED) is 0.831. The first kappa shape index (κ1) is 14.4. The number of hydrogen-bond acceptors (Lipinski definition) is 2. The fraction of sp³-hybridized carbons (Fsp3) is 0.364. The van der Waals surface area contributed by atoms with E-state index in [9.17, 15) is 22.4 Å². The van der Waals surface area contributed by atoms with Crippen LogP contribution in [0, 0.1) is 5.82 Å². The molecule has 0 aliphatic rings. The third-order valence-corrected chi connectivity index (χ3v) is 2.55. The molecule has 1 amide bonds. The van der Waals surface area contributed by atoms with Gasteiger partial charge in [-0.1, -0.05) is 0 Å². The Morgan fingerprint density at radius 1 is 1.22 bits per heavy atom. The molecule has 0 aliphatic heterocycles. The summed E-state index contributed by atoms with van der Waals surface area (Å²) in [5.41, 5.74) is 2.15. The van der Waals surface area contributed by atoms with Crippen molar-refractivity contribution in [2.24, 2.45) is 5.73 Å². The van der Waals surface area contributed by atoms with Crippen LogP contribution in [-0.2, 0) is 4.79 Å². The molecule has 0 radical (unpaired) electrons. The normalized spacial score (nSPS) is 15.1. The van der Waals surface area contributed by atoms with Gasteiger partial charge in [-0.05, 0) is 31.2 Å². The largest absolute Gasteiger partial charge is 0.415 e. The summed E-state index contributed by atoms with van der Waals surface area (Å²) in [6.45, 7) is 0.593. The highest BCUT2D eigenvalue weighted by Gasteiger charge is 2.55. The standard InChI is InChI=1S/C11H12F4N2O/c1-10(16,11(13,14)15)9(18)17(2)8-5-3-7(12)4-6-8/h3-6H,16H2,1-2H3. The van der Waals surface area contributed by atoms with Crippen molar-refractivity contribution in [3.8, 4) is 0 Å². The van der Waals surface area contributed by atoms with Crippen LogP contribution in [0.2, 0.25) is 0 Å². The minimum Gasteiger partial charge on any atom is -0.314 e. The Labute approximate surface area is 101 Å². The predicted octanol–water partition coefficient (Wildman–Crippen LogP) is 2.07. The van der Waals surface area contributed by atoms with Gasteiger partial charge in [0, 0.05) is 12.7 Å². The van der Waals surface area contributed by atoms with Crippen molar-refractivity contribution < 1.29 is 22.4 Å². The highest BCUT2D eigenvalue weighted by molar-refractivity contribution is 6.00. The second kappa shape index (κ2) is 4.56. The van der Waals surface area contributed by atoms with Gasteiger partial charge < -0.3 is 10.6 Å². The lowest BCUT2D eigenvalue weighted by atomic mass is 10.0. The number of anilines is 1. The Balaban J connectivity index is 3.01. The van der Waals surface area contributed by atoms with Gasteiger partial charge in [-0.15, -0.1) is 0 Å². The zero-order valence-corrected chi connectivity index (χ0v) is 9.75. The van der Waals surface area contributed by atoms with Crippen LogP contribution in [0.3, 0.4) is 0 Å². The summed E-state index contributed by atoms with van der Waals surface area (Å²) in [7, 11) is 1.15. The molecule has 1 aromatic rings. The maximum Gasteiger partial charge on any atom is 0.415 e. The van der Waals surface area contributed by atoms with Crippen molar-refractivity contribution in [3.63, 3.8) is 0 Å². The Morgan fingerprint density at radius 3 is 2.06 bits per heavy atom. The van der Waals surface area contributed by atoms with Gasteiger partial charge in [-0.25, -0.2) is 4.39 Å². The van der Waals surface area contributed by atoms with Crippen LogP contribution < -0.4 is 10.6 Å². The van der Waals surface area contributed by atoms with Crippen LogP contribution in [0.25, 0.3) is 0 Å². The van der Waals surface area contributed by atoms with E-state index in [0.717, 1.165) is 24.1 Å². The molecular weight excluding hydrogens is 252 g/mol. The summed E-state index contributed by atoms with van der Waals surface area (Å²) in [4.78, 5) is 12.4. The summed E-state index contributed by atoms with van der Waals surface area (Å²) in [5.74, 6) is -1.87. The molecule has 1 unspecified atom stereocenters. The number of benzene rings is 1. The van der Waals surface area contributed by atoms with Crippen LogP contribution >= 0.6 is 0 Å². The number of alkyl halides is 3. The van der Waals surface area contributed by atoms with Gasteiger partial charge in [-0.2, -0.15) is 13.2 Å². The molecule has 0 aromatic heterocycles. The average Bonchev–Trinajstić information content (AvgIpc) is 2.26. The Kier molecular flexibility index (Phi) is 3.66. The van der Waals surface area contributed by atoms with E-state index < -0.39 is 23.4 Å². The molecular formula is C11H12F4N2O. The van der Waals surface area contributed by atoms with Gasteiger partial charge >= 0.3 is 6.18 Å². The highest BCUT2D eigenvalue weighted by atomic mass is 19.4. The first-order valence-electron chi connectivity index (χ1n) is 4.96. The lowest BCUT2D eigenvalue weighted by Crippen LogP contribution is -2.61.